The lowest BCUT2D eigenvalue weighted by molar-refractivity contribution is -0.380. The molecule has 0 aromatic carbocycles. The first-order valence-corrected chi connectivity index (χ1v) is 6.27. The number of nitro groups is 1. The topological polar surface area (TPSA) is 84.5 Å². The molecule has 0 unspecified atom stereocenters. The Bertz CT molecular complexity index is 613. The molecular formula is C10H8ClN5O2S. The van der Waals surface area contributed by atoms with E-state index in [0.717, 1.165) is 11.3 Å². The van der Waals surface area contributed by atoms with Crippen LogP contribution in [-0.4, -0.2) is 28.4 Å². The molecule has 0 bridgehead atoms. The quantitative estimate of drug-likeness (QED) is 0.492. The minimum Gasteiger partial charge on any atom is -0.258 e. The van der Waals surface area contributed by atoms with E-state index < -0.39 is 4.92 Å². The van der Waals surface area contributed by atoms with Gasteiger partial charge >= 0.3 is 5.00 Å². The number of thiophene rings is 1. The Kier molecular flexibility index (Phi) is 4.03. The largest absolute Gasteiger partial charge is 0.324 e. The fourth-order valence-corrected chi connectivity index (χ4v) is 1.98. The lowest BCUT2D eigenvalue weighted by Gasteiger charge is -2.09. The number of anilines is 1. The predicted molar refractivity (Wildman–Crippen MR) is 74.0 cm³/mol. The van der Waals surface area contributed by atoms with Crippen molar-refractivity contribution in [3.8, 4) is 0 Å². The Balaban J connectivity index is 2.08. The summed E-state index contributed by atoms with van der Waals surface area (Å²) in [5.74, 6) is 0.520. The molecule has 2 heterocycles. The van der Waals surface area contributed by atoms with Crippen LogP contribution < -0.4 is 5.01 Å². The number of hydrogen-bond acceptors (Lipinski definition) is 7. The van der Waals surface area contributed by atoms with Crippen LogP contribution >= 0.6 is 22.9 Å². The number of nitrogens with zero attached hydrogens (tertiary/aromatic N) is 5. The molecule has 0 spiro atoms. The fourth-order valence-electron chi connectivity index (χ4n) is 1.19. The first-order valence-electron chi connectivity index (χ1n) is 5.07. The van der Waals surface area contributed by atoms with Gasteiger partial charge in [0.2, 0.25) is 0 Å². The summed E-state index contributed by atoms with van der Waals surface area (Å²) in [7, 11) is 1.69. The second-order valence-corrected chi connectivity index (χ2v) is 4.90. The number of hydrogen-bond donors (Lipinski definition) is 0. The smallest absolute Gasteiger partial charge is 0.258 e. The molecule has 0 aliphatic carbocycles. The average molecular weight is 298 g/mol. The summed E-state index contributed by atoms with van der Waals surface area (Å²) in [4.78, 5) is 10.8. The molecule has 98 valence electrons. The Morgan fingerprint density at radius 3 is 2.79 bits per heavy atom. The molecule has 2 rings (SSSR count). The number of halogens is 1. The highest BCUT2D eigenvalue weighted by atomic mass is 35.5. The molecule has 0 saturated carbocycles. The molecule has 0 radical (unpaired) electrons. The summed E-state index contributed by atoms with van der Waals surface area (Å²) in [6.45, 7) is 0. The van der Waals surface area contributed by atoms with Gasteiger partial charge in [0, 0.05) is 13.1 Å². The third-order valence-electron chi connectivity index (χ3n) is 2.10. The average Bonchev–Trinajstić information content (AvgIpc) is 2.86. The van der Waals surface area contributed by atoms with E-state index in [1.54, 1.807) is 25.2 Å². The molecule has 9 heteroatoms. The van der Waals surface area contributed by atoms with Crippen LogP contribution in [0.3, 0.4) is 0 Å². The Hall–Kier alpha value is -2.06. The molecule has 0 N–H and O–H groups in total. The maximum absolute atomic E-state index is 10.5. The van der Waals surface area contributed by atoms with Gasteiger partial charge in [0.05, 0.1) is 16.0 Å². The lowest BCUT2D eigenvalue weighted by atomic mass is 10.5. The van der Waals surface area contributed by atoms with Gasteiger partial charge in [-0.15, -0.1) is 10.2 Å². The van der Waals surface area contributed by atoms with Crippen molar-refractivity contribution in [2.24, 2.45) is 5.10 Å². The van der Waals surface area contributed by atoms with E-state index in [-0.39, 0.29) is 5.00 Å². The van der Waals surface area contributed by atoms with Crippen molar-refractivity contribution in [1.29, 1.82) is 0 Å². The first kappa shape index (κ1) is 13.4. The van der Waals surface area contributed by atoms with Crippen LogP contribution in [0.4, 0.5) is 10.8 Å². The van der Waals surface area contributed by atoms with Crippen molar-refractivity contribution in [2.75, 3.05) is 12.1 Å². The normalized spacial score (nSPS) is 10.8. The Morgan fingerprint density at radius 2 is 2.21 bits per heavy atom. The van der Waals surface area contributed by atoms with Gasteiger partial charge in [-0.25, -0.2) is 5.01 Å². The van der Waals surface area contributed by atoms with Crippen molar-refractivity contribution < 1.29 is 4.92 Å². The summed E-state index contributed by atoms with van der Waals surface area (Å²) in [6, 6.07) is 6.34. The van der Waals surface area contributed by atoms with Gasteiger partial charge in [0.25, 0.3) is 0 Å². The molecule has 0 amide bonds. The summed E-state index contributed by atoms with van der Waals surface area (Å²) in [6.07, 6.45) is 1.52. The zero-order valence-corrected chi connectivity index (χ0v) is 11.3. The van der Waals surface area contributed by atoms with Gasteiger partial charge in [0.15, 0.2) is 11.0 Å². The molecule has 0 aliphatic heterocycles. The molecule has 0 fully saturated rings. The van der Waals surface area contributed by atoms with Crippen LogP contribution in [0, 0.1) is 10.1 Å². The van der Waals surface area contributed by atoms with E-state index in [4.69, 9.17) is 11.6 Å². The van der Waals surface area contributed by atoms with Crippen molar-refractivity contribution in [1.82, 2.24) is 10.2 Å². The molecule has 2 aromatic rings. The third kappa shape index (κ3) is 3.46. The standard InChI is InChI=1S/C10H8ClN5O2S/c1-15(9-4-3-8(11)13-14-9)12-6-7-2-5-10(19-7)16(17)18/h2-6H,1H3. The highest BCUT2D eigenvalue weighted by molar-refractivity contribution is 7.16. The third-order valence-corrected chi connectivity index (χ3v) is 3.27. The summed E-state index contributed by atoms with van der Waals surface area (Å²) < 4.78 is 0. The number of hydrazone groups is 1. The van der Waals surface area contributed by atoms with E-state index in [1.165, 1.54) is 17.3 Å². The molecule has 7 nitrogen and oxygen atoms in total. The molecule has 2 aromatic heterocycles. The van der Waals surface area contributed by atoms with E-state index in [1.807, 2.05) is 0 Å². The van der Waals surface area contributed by atoms with Crippen LogP contribution in [0.2, 0.25) is 5.15 Å². The predicted octanol–water partition coefficient (Wildman–Crippen LogP) is 2.57. The molecule has 0 aliphatic rings. The SMILES string of the molecule is CN(N=Cc1ccc([N+](=O)[O-])s1)c1ccc(Cl)nn1. The van der Waals surface area contributed by atoms with E-state index in [2.05, 4.69) is 15.3 Å². The number of rotatable bonds is 4. The zero-order valence-electron chi connectivity index (χ0n) is 9.73. The molecule has 19 heavy (non-hydrogen) atoms. The van der Waals surface area contributed by atoms with Crippen LogP contribution in [0.15, 0.2) is 29.4 Å². The van der Waals surface area contributed by atoms with E-state index in [0.29, 0.717) is 15.8 Å². The maximum atomic E-state index is 10.5. The number of aromatic nitrogens is 2. The monoisotopic (exact) mass is 297 g/mol. The maximum Gasteiger partial charge on any atom is 0.324 e. The fraction of sp³-hybridized carbons (Fsp3) is 0.100. The van der Waals surface area contributed by atoms with Crippen LogP contribution in [0.25, 0.3) is 0 Å². The van der Waals surface area contributed by atoms with Gasteiger partial charge in [-0.2, -0.15) is 5.10 Å². The van der Waals surface area contributed by atoms with Crippen LogP contribution in [0.5, 0.6) is 0 Å². The minimum atomic E-state index is -0.434. The Morgan fingerprint density at radius 1 is 1.42 bits per heavy atom. The second-order valence-electron chi connectivity index (χ2n) is 3.42. The first-order chi connectivity index (χ1) is 9.06. The minimum absolute atomic E-state index is 0.0791. The van der Waals surface area contributed by atoms with Gasteiger partial charge in [-0.3, -0.25) is 10.1 Å². The van der Waals surface area contributed by atoms with Crippen molar-refractivity contribution in [3.63, 3.8) is 0 Å². The molecular weight excluding hydrogens is 290 g/mol. The van der Waals surface area contributed by atoms with Gasteiger partial charge in [-0.1, -0.05) is 22.9 Å². The van der Waals surface area contributed by atoms with Crippen molar-refractivity contribution in [3.05, 3.63) is 44.4 Å². The summed E-state index contributed by atoms with van der Waals surface area (Å²) in [5.41, 5.74) is 0. The lowest BCUT2D eigenvalue weighted by Crippen LogP contribution is -2.11. The van der Waals surface area contributed by atoms with Crippen LogP contribution in [-0.2, 0) is 0 Å². The molecule has 0 atom stereocenters. The van der Waals surface area contributed by atoms with E-state index >= 15 is 0 Å². The highest BCUT2D eigenvalue weighted by Gasteiger charge is 2.08. The van der Waals surface area contributed by atoms with E-state index in [9.17, 15) is 10.1 Å². The van der Waals surface area contributed by atoms with Crippen LogP contribution in [0.1, 0.15) is 4.88 Å². The van der Waals surface area contributed by atoms with Gasteiger partial charge < -0.3 is 0 Å². The highest BCUT2D eigenvalue weighted by Crippen LogP contribution is 2.22. The zero-order chi connectivity index (χ0) is 13.8. The summed E-state index contributed by atoms with van der Waals surface area (Å²) >= 11 is 6.68. The van der Waals surface area contributed by atoms with Crippen molar-refractivity contribution in [2.45, 2.75) is 0 Å². The Labute approximate surface area is 117 Å². The summed E-state index contributed by atoms with van der Waals surface area (Å²) in [5, 5.41) is 24.1. The van der Waals surface area contributed by atoms with Crippen molar-refractivity contribution >= 4 is 40.0 Å². The van der Waals surface area contributed by atoms with Gasteiger partial charge in [0.1, 0.15) is 0 Å². The van der Waals surface area contributed by atoms with Gasteiger partial charge in [-0.05, 0) is 18.2 Å². The second kappa shape index (κ2) is 5.72. The molecule has 0 saturated heterocycles.